The molecule has 1 fully saturated rings. The number of hydrogen-bond acceptors (Lipinski definition) is 2. The van der Waals surface area contributed by atoms with Crippen LogP contribution in [-0.2, 0) is 12.4 Å². The van der Waals surface area contributed by atoms with Gasteiger partial charge >= 0.3 is 0 Å². The zero-order valence-corrected chi connectivity index (χ0v) is 13.2. The number of imidazole rings is 1. The molecule has 1 unspecified atom stereocenters. The molecule has 0 bridgehead atoms. The molecule has 0 spiro atoms. The predicted molar refractivity (Wildman–Crippen MR) is 84.4 cm³/mol. The predicted octanol–water partition coefficient (Wildman–Crippen LogP) is 4.85. The van der Waals surface area contributed by atoms with E-state index in [2.05, 4.69) is 4.98 Å². The van der Waals surface area contributed by atoms with E-state index in [4.69, 9.17) is 23.2 Å². The van der Waals surface area contributed by atoms with Crippen molar-refractivity contribution < 1.29 is 4.39 Å². The summed E-state index contributed by atoms with van der Waals surface area (Å²) in [4.78, 5) is 4.47. The minimum atomic E-state index is -0.405. The second kappa shape index (κ2) is 6.12. The third-order valence-corrected chi connectivity index (χ3v) is 5.56. The molecule has 2 aromatic rings. The molecule has 2 heterocycles. The number of halogens is 3. The molecule has 0 aliphatic carbocycles. The summed E-state index contributed by atoms with van der Waals surface area (Å²) in [5, 5.41) is 0.664. The van der Waals surface area contributed by atoms with E-state index in [0.29, 0.717) is 16.6 Å². The maximum Gasteiger partial charge on any atom is 0.144 e. The first-order valence-electron chi connectivity index (χ1n) is 6.71. The molecule has 1 aromatic carbocycles. The minimum Gasteiger partial charge on any atom is -0.326 e. The molecule has 0 N–H and O–H groups in total. The van der Waals surface area contributed by atoms with E-state index < -0.39 is 5.82 Å². The van der Waals surface area contributed by atoms with Crippen LogP contribution in [0.3, 0.4) is 0 Å². The van der Waals surface area contributed by atoms with Gasteiger partial charge in [0, 0.05) is 17.9 Å². The number of benzene rings is 1. The monoisotopic (exact) mass is 332 g/mol. The van der Waals surface area contributed by atoms with E-state index in [1.165, 1.54) is 31.1 Å². The fourth-order valence-electron chi connectivity index (χ4n) is 2.63. The first-order chi connectivity index (χ1) is 9.69. The molecule has 3 rings (SSSR count). The van der Waals surface area contributed by atoms with Gasteiger partial charge in [0.15, 0.2) is 0 Å². The van der Waals surface area contributed by atoms with Gasteiger partial charge in [0.25, 0.3) is 0 Å². The van der Waals surface area contributed by atoms with Gasteiger partial charge in [0.2, 0.25) is 0 Å². The van der Waals surface area contributed by atoms with E-state index in [1.807, 2.05) is 16.3 Å². The van der Waals surface area contributed by atoms with Crippen LogP contribution in [0.15, 0.2) is 12.1 Å². The van der Waals surface area contributed by atoms with Crippen molar-refractivity contribution in [3.8, 4) is 0 Å². The lowest BCUT2D eigenvalue weighted by atomic mass is 10.2. The fraction of sp³-hybridized carbons (Fsp3) is 0.500. The fourth-order valence-corrected chi connectivity index (χ4v) is 4.28. The minimum absolute atomic E-state index is 0.107. The van der Waals surface area contributed by atoms with Crippen molar-refractivity contribution in [2.75, 3.05) is 5.75 Å². The lowest BCUT2D eigenvalue weighted by Crippen LogP contribution is -2.18. The highest BCUT2D eigenvalue weighted by Crippen LogP contribution is 2.30. The maximum atomic E-state index is 13.7. The van der Waals surface area contributed by atoms with Crippen molar-refractivity contribution in [3.05, 3.63) is 28.8 Å². The largest absolute Gasteiger partial charge is 0.326 e. The second-order valence-electron chi connectivity index (χ2n) is 5.02. The van der Waals surface area contributed by atoms with Crippen LogP contribution < -0.4 is 0 Å². The molecule has 1 aliphatic rings. The van der Waals surface area contributed by atoms with Gasteiger partial charge in [-0.3, -0.25) is 0 Å². The Kier molecular flexibility index (Phi) is 4.43. The molecule has 0 amide bonds. The summed E-state index contributed by atoms with van der Waals surface area (Å²) in [5.74, 6) is 1.91. The Morgan fingerprint density at radius 2 is 2.25 bits per heavy atom. The van der Waals surface area contributed by atoms with Crippen LogP contribution >= 0.6 is 35.0 Å². The van der Waals surface area contributed by atoms with Crippen molar-refractivity contribution in [2.24, 2.45) is 0 Å². The van der Waals surface area contributed by atoms with Crippen LogP contribution in [0, 0.1) is 5.82 Å². The third kappa shape index (κ3) is 2.78. The highest BCUT2D eigenvalue weighted by Gasteiger charge is 2.19. The van der Waals surface area contributed by atoms with Gasteiger partial charge in [-0.2, -0.15) is 11.8 Å². The highest BCUT2D eigenvalue weighted by atomic mass is 35.5. The van der Waals surface area contributed by atoms with Crippen molar-refractivity contribution in [2.45, 2.75) is 36.9 Å². The van der Waals surface area contributed by atoms with Gasteiger partial charge in [-0.1, -0.05) is 18.0 Å². The van der Waals surface area contributed by atoms with Gasteiger partial charge in [-0.25, -0.2) is 9.37 Å². The van der Waals surface area contributed by atoms with Gasteiger partial charge in [0.05, 0.1) is 21.9 Å². The van der Waals surface area contributed by atoms with E-state index in [-0.39, 0.29) is 5.02 Å². The van der Waals surface area contributed by atoms with Crippen molar-refractivity contribution in [1.82, 2.24) is 9.55 Å². The molecule has 0 radical (unpaired) electrons. The normalized spacial score (nSPS) is 19.6. The van der Waals surface area contributed by atoms with Crippen molar-refractivity contribution in [1.29, 1.82) is 0 Å². The summed E-state index contributed by atoms with van der Waals surface area (Å²) in [6.07, 6.45) is 3.75. The van der Waals surface area contributed by atoms with Gasteiger partial charge in [0.1, 0.15) is 11.6 Å². The SMILES string of the molecule is Fc1cc2c(cc1Cl)nc(CCl)n2CC1CCCCS1. The Labute approximate surface area is 131 Å². The maximum absolute atomic E-state index is 13.7. The lowest BCUT2D eigenvalue weighted by Gasteiger charge is -2.22. The van der Waals surface area contributed by atoms with Crippen LogP contribution in [0.4, 0.5) is 4.39 Å². The summed E-state index contributed by atoms with van der Waals surface area (Å²) < 4.78 is 15.8. The molecule has 20 heavy (non-hydrogen) atoms. The highest BCUT2D eigenvalue weighted by molar-refractivity contribution is 7.99. The van der Waals surface area contributed by atoms with Gasteiger partial charge in [-0.15, -0.1) is 11.6 Å². The van der Waals surface area contributed by atoms with Crippen LogP contribution in [-0.4, -0.2) is 20.6 Å². The summed E-state index contributed by atoms with van der Waals surface area (Å²) >= 11 is 13.8. The Balaban J connectivity index is 2.00. The Morgan fingerprint density at radius 1 is 1.40 bits per heavy atom. The molecule has 1 saturated heterocycles. The topological polar surface area (TPSA) is 17.8 Å². The Hall–Kier alpha value is -0.450. The quantitative estimate of drug-likeness (QED) is 0.747. The van der Waals surface area contributed by atoms with E-state index >= 15 is 0 Å². The van der Waals surface area contributed by atoms with Crippen LogP contribution in [0.1, 0.15) is 25.1 Å². The Morgan fingerprint density at radius 3 is 2.95 bits per heavy atom. The Bertz CT molecular complexity index is 623. The molecule has 2 nitrogen and oxygen atoms in total. The number of fused-ring (bicyclic) bond motifs is 1. The van der Waals surface area contributed by atoms with E-state index in [0.717, 1.165) is 17.9 Å². The average Bonchev–Trinajstić information content (AvgIpc) is 2.78. The summed E-state index contributed by atoms with van der Waals surface area (Å²) in [5.41, 5.74) is 1.50. The summed E-state index contributed by atoms with van der Waals surface area (Å²) in [6, 6.07) is 3.04. The van der Waals surface area contributed by atoms with Gasteiger partial charge < -0.3 is 4.57 Å². The number of hydrogen-bond donors (Lipinski definition) is 0. The number of nitrogens with zero attached hydrogens (tertiary/aromatic N) is 2. The number of rotatable bonds is 3. The molecule has 6 heteroatoms. The molecular formula is C14H15Cl2FN2S. The first kappa shape index (κ1) is 14.5. The first-order valence-corrected chi connectivity index (χ1v) is 8.67. The van der Waals surface area contributed by atoms with Gasteiger partial charge in [-0.05, 0) is 24.7 Å². The van der Waals surface area contributed by atoms with Crippen LogP contribution in [0.25, 0.3) is 11.0 Å². The van der Waals surface area contributed by atoms with Crippen molar-refractivity contribution >= 4 is 46.0 Å². The molecule has 0 saturated carbocycles. The third-order valence-electron chi connectivity index (χ3n) is 3.65. The molecule has 1 aliphatic heterocycles. The summed E-state index contributed by atoms with van der Waals surface area (Å²) in [6.45, 7) is 0.838. The smallest absolute Gasteiger partial charge is 0.144 e. The van der Waals surface area contributed by atoms with Crippen LogP contribution in [0.2, 0.25) is 5.02 Å². The molecular weight excluding hydrogens is 318 g/mol. The standard InChI is InChI=1S/C14H15Cl2FN2S/c15-7-14-18-12-5-10(16)11(17)6-13(12)19(14)8-9-3-1-2-4-20-9/h5-6,9H,1-4,7-8H2. The second-order valence-corrected chi connectivity index (χ2v) is 7.10. The molecule has 108 valence electrons. The molecule has 1 aromatic heterocycles. The molecule has 1 atom stereocenters. The van der Waals surface area contributed by atoms with Crippen molar-refractivity contribution in [3.63, 3.8) is 0 Å². The average molecular weight is 333 g/mol. The number of alkyl halides is 1. The summed E-state index contributed by atoms with van der Waals surface area (Å²) in [7, 11) is 0. The number of thioether (sulfide) groups is 1. The number of aromatic nitrogens is 2. The van der Waals surface area contributed by atoms with E-state index in [1.54, 1.807) is 6.07 Å². The van der Waals surface area contributed by atoms with E-state index in [9.17, 15) is 4.39 Å². The zero-order chi connectivity index (χ0) is 14.1. The lowest BCUT2D eigenvalue weighted by molar-refractivity contribution is 0.580. The van der Waals surface area contributed by atoms with Crippen LogP contribution in [0.5, 0.6) is 0 Å². The zero-order valence-electron chi connectivity index (χ0n) is 10.9.